The van der Waals surface area contributed by atoms with Crippen LogP contribution in [0.5, 0.6) is 0 Å². The van der Waals surface area contributed by atoms with Crippen molar-refractivity contribution < 1.29 is 9.90 Å². The number of thioether (sulfide) groups is 1. The predicted molar refractivity (Wildman–Crippen MR) is 74.5 cm³/mol. The Morgan fingerprint density at radius 2 is 2.11 bits per heavy atom. The van der Waals surface area contributed by atoms with Crippen LogP contribution in [0, 0.1) is 5.92 Å². The second-order valence-corrected chi connectivity index (χ2v) is 6.35. The highest BCUT2D eigenvalue weighted by molar-refractivity contribution is 7.99. The monoisotopic (exact) mass is 305 g/mol. The van der Waals surface area contributed by atoms with Gasteiger partial charge >= 0.3 is 5.97 Å². The SMILES string of the molecule is NC(CSc1ccc(Cl)c(Cl)c1)(C(=O)O)C1CC1. The molecule has 0 saturated heterocycles. The lowest BCUT2D eigenvalue weighted by Gasteiger charge is -2.23. The molecule has 2 rings (SSSR count). The van der Waals surface area contributed by atoms with Gasteiger partial charge < -0.3 is 10.8 Å². The topological polar surface area (TPSA) is 63.3 Å². The Morgan fingerprint density at radius 1 is 1.44 bits per heavy atom. The number of carbonyl (C=O) groups is 1. The minimum Gasteiger partial charge on any atom is -0.480 e. The van der Waals surface area contributed by atoms with Crippen molar-refractivity contribution in [2.24, 2.45) is 11.7 Å². The van der Waals surface area contributed by atoms with E-state index in [2.05, 4.69) is 0 Å². The van der Waals surface area contributed by atoms with Gasteiger partial charge in [-0.25, -0.2) is 0 Å². The summed E-state index contributed by atoms with van der Waals surface area (Å²) in [6.07, 6.45) is 1.79. The van der Waals surface area contributed by atoms with Crippen LogP contribution in [-0.2, 0) is 4.79 Å². The average Bonchev–Trinajstić information content (AvgIpc) is 3.14. The molecule has 18 heavy (non-hydrogen) atoms. The smallest absolute Gasteiger partial charge is 0.324 e. The maximum atomic E-state index is 11.3. The van der Waals surface area contributed by atoms with Crippen LogP contribution < -0.4 is 5.73 Å². The summed E-state index contributed by atoms with van der Waals surface area (Å²) in [6.45, 7) is 0. The second-order valence-electron chi connectivity index (χ2n) is 4.48. The fourth-order valence-corrected chi connectivity index (χ4v) is 3.21. The molecule has 98 valence electrons. The molecule has 0 spiro atoms. The van der Waals surface area contributed by atoms with Gasteiger partial charge in [0, 0.05) is 10.6 Å². The number of carboxylic acid groups (broad SMARTS) is 1. The van der Waals surface area contributed by atoms with E-state index in [9.17, 15) is 9.90 Å². The summed E-state index contributed by atoms with van der Waals surface area (Å²) >= 11 is 13.1. The number of rotatable bonds is 5. The lowest BCUT2D eigenvalue weighted by atomic mass is 9.98. The summed E-state index contributed by atoms with van der Waals surface area (Å²) in [7, 11) is 0. The first kappa shape index (κ1) is 14.0. The Kier molecular flexibility index (Phi) is 4.11. The predicted octanol–water partition coefficient (Wildman–Crippen LogP) is 3.28. The fourth-order valence-electron chi connectivity index (χ4n) is 1.72. The third-order valence-corrected chi connectivity index (χ3v) is 5.02. The highest BCUT2D eigenvalue weighted by Crippen LogP contribution is 2.41. The standard InChI is InChI=1S/C12H13Cl2NO2S/c13-9-4-3-8(5-10(9)14)18-6-12(15,11(16)17)7-1-2-7/h3-5,7H,1-2,6,15H2,(H,16,17). The van der Waals surface area contributed by atoms with Gasteiger partial charge in [-0.15, -0.1) is 11.8 Å². The van der Waals surface area contributed by atoms with E-state index in [0.717, 1.165) is 17.7 Å². The van der Waals surface area contributed by atoms with E-state index in [1.165, 1.54) is 11.8 Å². The van der Waals surface area contributed by atoms with E-state index in [-0.39, 0.29) is 5.92 Å². The van der Waals surface area contributed by atoms with E-state index in [4.69, 9.17) is 28.9 Å². The Labute approximate surface area is 120 Å². The minimum absolute atomic E-state index is 0.0882. The van der Waals surface area contributed by atoms with Gasteiger partial charge in [0.15, 0.2) is 0 Å². The highest BCUT2D eigenvalue weighted by Gasteiger charge is 2.48. The first-order chi connectivity index (χ1) is 8.43. The largest absolute Gasteiger partial charge is 0.480 e. The van der Waals surface area contributed by atoms with Crippen molar-refractivity contribution in [2.45, 2.75) is 23.3 Å². The van der Waals surface area contributed by atoms with Crippen LogP contribution in [-0.4, -0.2) is 22.4 Å². The van der Waals surface area contributed by atoms with Gasteiger partial charge in [-0.3, -0.25) is 4.79 Å². The zero-order valence-corrected chi connectivity index (χ0v) is 11.9. The Balaban J connectivity index is 2.05. The minimum atomic E-state index is -1.14. The molecule has 0 amide bonds. The molecule has 0 aliphatic heterocycles. The molecule has 0 radical (unpaired) electrons. The molecular formula is C12H13Cl2NO2S. The number of hydrogen-bond donors (Lipinski definition) is 2. The van der Waals surface area contributed by atoms with Gasteiger partial charge in [0.2, 0.25) is 0 Å². The van der Waals surface area contributed by atoms with Gasteiger partial charge in [-0.05, 0) is 37.0 Å². The van der Waals surface area contributed by atoms with Crippen molar-refractivity contribution in [1.29, 1.82) is 0 Å². The van der Waals surface area contributed by atoms with Crippen LogP contribution in [0.25, 0.3) is 0 Å². The van der Waals surface area contributed by atoms with Crippen LogP contribution in [0.3, 0.4) is 0 Å². The Morgan fingerprint density at radius 3 is 2.61 bits per heavy atom. The van der Waals surface area contributed by atoms with E-state index in [0.29, 0.717) is 15.8 Å². The molecular weight excluding hydrogens is 293 g/mol. The zero-order valence-electron chi connectivity index (χ0n) is 9.53. The summed E-state index contributed by atoms with van der Waals surface area (Å²) in [6, 6.07) is 5.24. The van der Waals surface area contributed by atoms with Crippen LogP contribution in [0.15, 0.2) is 23.1 Å². The molecule has 0 bridgehead atoms. The number of halogens is 2. The van der Waals surface area contributed by atoms with Crippen molar-refractivity contribution in [1.82, 2.24) is 0 Å². The third-order valence-electron chi connectivity index (χ3n) is 3.07. The fraction of sp³-hybridized carbons (Fsp3) is 0.417. The first-order valence-corrected chi connectivity index (χ1v) is 7.28. The summed E-state index contributed by atoms with van der Waals surface area (Å²) < 4.78 is 0. The van der Waals surface area contributed by atoms with Crippen LogP contribution in [0.2, 0.25) is 10.0 Å². The highest BCUT2D eigenvalue weighted by atomic mass is 35.5. The molecule has 1 unspecified atom stereocenters. The molecule has 6 heteroatoms. The van der Waals surface area contributed by atoms with Crippen molar-refractivity contribution in [3.8, 4) is 0 Å². The molecule has 0 aromatic heterocycles. The van der Waals surface area contributed by atoms with Crippen molar-refractivity contribution >= 4 is 40.9 Å². The molecule has 1 aliphatic rings. The summed E-state index contributed by atoms with van der Waals surface area (Å²) in [4.78, 5) is 12.1. The normalized spacial score (nSPS) is 18.4. The van der Waals surface area contributed by atoms with Gasteiger partial charge in [0.05, 0.1) is 10.0 Å². The maximum Gasteiger partial charge on any atom is 0.324 e. The number of nitrogens with two attached hydrogens (primary N) is 1. The number of benzene rings is 1. The second kappa shape index (κ2) is 5.29. The first-order valence-electron chi connectivity index (χ1n) is 5.53. The number of aliphatic carboxylic acids is 1. The van der Waals surface area contributed by atoms with Crippen LogP contribution >= 0.6 is 35.0 Å². The molecule has 1 saturated carbocycles. The van der Waals surface area contributed by atoms with E-state index in [1.54, 1.807) is 12.1 Å². The molecule has 3 nitrogen and oxygen atoms in total. The summed E-state index contributed by atoms with van der Waals surface area (Å²) in [5, 5.41) is 10.2. The van der Waals surface area contributed by atoms with Gasteiger partial charge in [0.25, 0.3) is 0 Å². The average molecular weight is 306 g/mol. The molecule has 1 fully saturated rings. The number of carboxylic acids is 1. The zero-order chi connectivity index (χ0) is 13.3. The quantitative estimate of drug-likeness (QED) is 0.820. The van der Waals surface area contributed by atoms with Gasteiger partial charge in [-0.2, -0.15) is 0 Å². The Hall–Kier alpha value is -0.420. The lowest BCUT2D eigenvalue weighted by Crippen LogP contribution is -2.52. The van der Waals surface area contributed by atoms with Crippen LogP contribution in [0.4, 0.5) is 0 Å². The van der Waals surface area contributed by atoms with E-state index < -0.39 is 11.5 Å². The van der Waals surface area contributed by atoms with Crippen molar-refractivity contribution in [2.75, 3.05) is 5.75 Å². The molecule has 3 N–H and O–H groups in total. The molecule has 1 atom stereocenters. The van der Waals surface area contributed by atoms with E-state index in [1.807, 2.05) is 6.07 Å². The Bertz CT molecular complexity index is 479. The van der Waals surface area contributed by atoms with Crippen LogP contribution in [0.1, 0.15) is 12.8 Å². The molecule has 1 aromatic carbocycles. The van der Waals surface area contributed by atoms with Gasteiger partial charge in [-0.1, -0.05) is 23.2 Å². The van der Waals surface area contributed by atoms with Crippen molar-refractivity contribution in [3.63, 3.8) is 0 Å². The molecule has 0 heterocycles. The summed E-state index contributed by atoms with van der Waals surface area (Å²) in [5.41, 5.74) is 4.84. The lowest BCUT2D eigenvalue weighted by molar-refractivity contribution is -0.143. The third kappa shape index (κ3) is 2.94. The number of hydrogen-bond acceptors (Lipinski definition) is 3. The van der Waals surface area contributed by atoms with Gasteiger partial charge in [0.1, 0.15) is 5.54 Å². The summed E-state index contributed by atoms with van der Waals surface area (Å²) in [5.74, 6) is -0.506. The molecule has 1 aromatic rings. The molecule has 1 aliphatic carbocycles. The maximum absolute atomic E-state index is 11.3. The van der Waals surface area contributed by atoms with E-state index >= 15 is 0 Å². The van der Waals surface area contributed by atoms with Crippen molar-refractivity contribution in [3.05, 3.63) is 28.2 Å².